The molecule has 1 saturated heterocycles. The van der Waals surface area contributed by atoms with Crippen LogP contribution in [0, 0.1) is 0 Å². The van der Waals surface area contributed by atoms with Crippen LogP contribution in [-0.2, 0) is 4.79 Å². The number of ether oxygens (including phenoxy) is 1. The number of carbonyl (C=O) groups is 2. The predicted molar refractivity (Wildman–Crippen MR) is 76.7 cm³/mol. The second kappa shape index (κ2) is 7.08. The Bertz CT molecular complexity index is 458. The van der Waals surface area contributed by atoms with Crippen molar-refractivity contribution in [2.45, 2.75) is 45.1 Å². The highest BCUT2D eigenvalue weighted by Gasteiger charge is 2.31. The molecule has 0 radical (unpaired) electrons. The Morgan fingerprint density at radius 3 is 2.80 bits per heavy atom. The summed E-state index contributed by atoms with van der Waals surface area (Å²) in [7, 11) is 0. The van der Waals surface area contributed by atoms with Gasteiger partial charge in [0, 0.05) is 25.4 Å². The molecule has 0 bridgehead atoms. The smallest absolute Gasteiger partial charge is 0.410 e. The second-order valence-electron chi connectivity index (χ2n) is 5.16. The van der Waals surface area contributed by atoms with Gasteiger partial charge in [-0.05, 0) is 18.6 Å². The van der Waals surface area contributed by atoms with Gasteiger partial charge in [0.1, 0.15) is 11.5 Å². The van der Waals surface area contributed by atoms with Gasteiger partial charge in [-0.3, -0.25) is 4.79 Å². The number of Topliss-reactive ketones (excluding diaryl/α,β-unsaturated/α-hetero) is 1. The Labute approximate surface area is 119 Å². The molecule has 108 valence electrons. The van der Waals surface area contributed by atoms with Crippen LogP contribution in [0.4, 0.5) is 4.79 Å². The molecule has 0 saturated carbocycles. The zero-order valence-corrected chi connectivity index (χ0v) is 11.9. The van der Waals surface area contributed by atoms with Gasteiger partial charge in [0.2, 0.25) is 0 Å². The molecule has 1 aromatic carbocycles. The number of unbranched alkanes of at least 4 members (excludes halogenated alkanes) is 1. The topological polar surface area (TPSA) is 46.6 Å². The number of ketones is 1. The fourth-order valence-electron chi connectivity index (χ4n) is 2.49. The van der Waals surface area contributed by atoms with Crippen molar-refractivity contribution in [2.75, 3.05) is 6.54 Å². The van der Waals surface area contributed by atoms with Crippen molar-refractivity contribution in [3.05, 3.63) is 30.3 Å². The number of nitrogens with zero attached hydrogens (tertiary/aromatic N) is 1. The van der Waals surface area contributed by atoms with Crippen LogP contribution in [0.15, 0.2) is 30.3 Å². The Kier molecular flexibility index (Phi) is 5.16. The standard InChI is InChI=1S/C16H21NO3/c1-2-3-7-13-12-14(18)10-11-17(13)16(19)20-15-8-5-4-6-9-15/h4-6,8-9,13H,2-3,7,10-12H2,1H3/t13-/m1/s1. The zero-order chi connectivity index (χ0) is 14.4. The molecule has 0 aliphatic carbocycles. The molecule has 0 unspecified atom stereocenters. The number of piperidine rings is 1. The van der Waals surface area contributed by atoms with E-state index >= 15 is 0 Å². The molecule has 2 rings (SSSR count). The molecule has 0 aromatic heterocycles. The van der Waals surface area contributed by atoms with Crippen molar-refractivity contribution in [3.8, 4) is 5.75 Å². The van der Waals surface area contributed by atoms with Crippen LogP contribution >= 0.6 is 0 Å². The molecule has 4 heteroatoms. The molecule has 0 spiro atoms. The fraction of sp³-hybridized carbons (Fsp3) is 0.500. The minimum Gasteiger partial charge on any atom is -0.410 e. The van der Waals surface area contributed by atoms with Gasteiger partial charge in [-0.25, -0.2) is 4.79 Å². The molecule has 1 atom stereocenters. The van der Waals surface area contributed by atoms with Gasteiger partial charge in [-0.1, -0.05) is 38.0 Å². The summed E-state index contributed by atoms with van der Waals surface area (Å²) in [5.41, 5.74) is 0. The largest absolute Gasteiger partial charge is 0.415 e. The normalized spacial score (nSPS) is 18.9. The van der Waals surface area contributed by atoms with E-state index in [9.17, 15) is 9.59 Å². The highest BCUT2D eigenvalue weighted by atomic mass is 16.6. The Morgan fingerprint density at radius 1 is 1.35 bits per heavy atom. The van der Waals surface area contributed by atoms with Crippen LogP contribution in [0.1, 0.15) is 39.0 Å². The maximum atomic E-state index is 12.2. The van der Waals surface area contributed by atoms with Crippen LogP contribution in [0.3, 0.4) is 0 Å². The van der Waals surface area contributed by atoms with E-state index in [1.165, 1.54) is 0 Å². The Balaban J connectivity index is 2.00. The van der Waals surface area contributed by atoms with Gasteiger partial charge in [0.15, 0.2) is 0 Å². The number of rotatable bonds is 4. The molecule has 4 nitrogen and oxygen atoms in total. The molecule has 1 aliphatic heterocycles. The van der Waals surface area contributed by atoms with Crippen molar-refractivity contribution >= 4 is 11.9 Å². The minimum absolute atomic E-state index is 0.00703. The number of para-hydroxylation sites is 1. The quantitative estimate of drug-likeness (QED) is 0.846. The Morgan fingerprint density at radius 2 is 2.10 bits per heavy atom. The first-order valence-electron chi connectivity index (χ1n) is 7.26. The number of likely N-dealkylation sites (tertiary alicyclic amines) is 1. The summed E-state index contributed by atoms with van der Waals surface area (Å²) >= 11 is 0. The lowest BCUT2D eigenvalue weighted by Crippen LogP contribution is -2.47. The SMILES string of the molecule is CCCC[C@@H]1CC(=O)CCN1C(=O)Oc1ccccc1. The van der Waals surface area contributed by atoms with Gasteiger partial charge in [-0.2, -0.15) is 0 Å². The number of hydrogen-bond acceptors (Lipinski definition) is 3. The molecular formula is C16H21NO3. The third kappa shape index (κ3) is 3.83. The van der Waals surface area contributed by atoms with Gasteiger partial charge in [0.25, 0.3) is 0 Å². The molecule has 1 aromatic rings. The Hall–Kier alpha value is -1.84. The molecular weight excluding hydrogens is 254 g/mol. The number of carbonyl (C=O) groups excluding carboxylic acids is 2. The van der Waals surface area contributed by atoms with Crippen LogP contribution in [0.25, 0.3) is 0 Å². The number of benzene rings is 1. The van der Waals surface area contributed by atoms with E-state index in [0.717, 1.165) is 19.3 Å². The summed E-state index contributed by atoms with van der Waals surface area (Å²) in [4.78, 5) is 25.5. The van der Waals surface area contributed by atoms with Crippen molar-refractivity contribution in [1.82, 2.24) is 4.90 Å². The van der Waals surface area contributed by atoms with Crippen molar-refractivity contribution in [2.24, 2.45) is 0 Å². The third-order valence-corrected chi connectivity index (χ3v) is 3.61. The van der Waals surface area contributed by atoms with Crippen LogP contribution in [-0.4, -0.2) is 29.4 Å². The monoisotopic (exact) mass is 275 g/mol. The van der Waals surface area contributed by atoms with Crippen LogP contribution < -0.4 is 4.74 Å². The van der Waals surface area contributed by atoms with Crippen molar-refractivity contribution in [3.63, 3.8) is 0 Å². The summed E-state index contributed by atoms with van der Waals surface area (Å²) < 4.78 is 5.38. The maximum absolute atomic E-state index is 12.2. The van der Waals surface area contributed by atoms with Crippen molar-refractivity contribution < 1.29 is 14.3 Å². The first-order valence-corrected chi connectivity index (χ1v) is 7.26. The molecule has 1 aliphatic rings. The van der Waals surface area contributed by atoms with Crippen LogP contribution in [0.2, 0.25) is 0 Å². The molecule has 1 heterocycles. The van der Waals surface area contributed by atoms with E-state index in [0.29, 0.717) is 25.1 Å². The van der Waals surface area contributed by atoms with Crippen LogP contribution in [0.5, 0.6) is 5.75 Å². The van der Waals surface area contributed by atoms with E-state index in [1.807, 2.05) is 18.2 Å². The third-order valence-electron chi connectivity index (χ3n) is 3.61. The summed E-state index contributed by atoms with van der Waals surface area (Å²) in [5.74, 6) is 0.790. The molecule has 20 heavy (non-hydrogen) atoms. The molecule has 1 amide bonds. The molecule has 1 fully saturated rings. The first-order chi connectivity index (χ1) is 9.70. The number of hydrogen-bond donors (Lipinski definition) is 0. The lowest BCUT2D eigenvalue weighted by molar-refractivity contribution is -0.122. The summed E-state index contributed by atoms with van der Waals surface area (Å²) in [6.07, 6.45) is 3.51. The van der Waals surface area contributed by atoms with E-state index in [4.69, 9.17) is 4.74 Å². The average molecular weight is 275 g/mol. The van der Waals surface area contributed by atoms with Gasteiger partial charge < -0.3 is 9.64 Å². The highest BCUT2D eigenvalue weighted by Crippen LogP contribution is 2.21. The van der Waals surface area contributed by atoms with Gasteiger partial charge in [-0.15, -0.1) is 0 Å². The maximum Gasteiger partial charge on any atom is 0.415 e. The lowest BCUT2D eigenvalue weighted by Gasteiger charge is -2.34. The minimum atomic E-state index is -0.343. The van der Waals surface area contributed by atoms with Crippen molar-refractivity contribution in [1.29, 1.82) is 0 Å². The van der Waals surface area contributed by atoms with Gasteiger partial charge in [0.05, 0.1) is 0 Å². The first kappa shape index (κ1) is 14.6. The van der Waals surface area contributed by atoms with E-state index in [2.05, 4.69) is 6.92 Å². The summed E-state index contributed by atoms with van der Waals surface area (Å²) in [5, 5.41) is 0. The lowest BCUT2D eigenvalue weighted by atomic mass is 9.97. The summed E-state index contributed by atoms with van der Waals surface area (Å²) in [6.45, 7) is 2.58. The van der Waals surface area contributed by atoms with E-state index in [-0.39, 0.29) is 17.9 Å². The van der Waals surface area contributed by atoms with E-state index < -0.39 is 0 Å². The van der Waals surface area contributed by atoms with E-state index in [1.54, 1.807) is 17.0 Å². The van der Waals surface area contributed by atoms with Gasteiger partial charge >= 0.3 is 6.09 Å². The molecule has 0 N–H and O–H groups in total. The highest BCUT2D eigenvalue weighted by molar-refractivity contribution is 5.82. The average Bonchev–Trinajstić information content (AvgIpc) is 2.46. The predicted octanol–water partition coefficient (Wildman–Crippen LogP) is 3.41. The zero-order valence-electron chi connectivity index (χ0n) is 11.9. The summed E-state index contributed by atoms with van der Waals surface area (Å²) in [6, 6.07) is 9.05. The fourth-order valence-corrected chi connectivity index (χ4v) is 2.49. The number of amides is 1. The second-order valence-corrected chi connectivity index (χ2v) is 5.16.